The molecule has 3 N–H and O–H groups in total. The summed E-state index contributed by atoms with van der Waals surface area (Å²) in [5, 5.41) is 1.20. The van der Waals surface area contributed by atoms with E-state index in [1.807, 2.05) is 30.3 Å². The first-order chi connectivity index (χ1) is 10.2. The normalized spacial score (nSPS) is 10.8. The first kappa shape index (κ1) is 13.4. The Morgan fingerprint density at radius 1 is 1.14 bits per heavy atom. The largest absolute Gasteiger partial charge is 0.340 e. The average molecular weight is 279 g/mol. The highest BCUT2D eigenvalue weighted by molar-refractivity contribution is 5.95. The fourth-order valence-corrected chi connectivity index (χ4v) is 2.69. The monoisotopic (exact) mass is 279 g/mol. The van der Waals surface area contributed by atoms with Crippen molar-refractivity contribution in [3.8, 4) is 0 Å². The molecule has 0 aliphatic carbocycles. The third-order valence-corrected chi connectivity index (χ3v) is 3.74. The van der Waals surface area contributed by atoms with Crippen LogP contribution in [-0.4, -0.2) is 10.5 Å². The standard InChI is InChI=1S/C17H17N3O/c1-12-10-13-6-3-5-9-16(13)20(12)11-14-7-2-4-8-15(14)17(21)19-18/h2-10H,11,18H2,1H3,(H,19,21). The van der Waals surface area contributed by atoms with Gasteiger partial charge in [-0.25, -0.2) is 5.84 Å². The van der Waals surface area contributed by atoms with Crippen molar-refractivity contribution >= 4 is 16.8 Å². The maximum absolute atomic E-state index is 11.9. The lowest BCUT2D eigenvalue weighted by atomic mass is 10.1. The summed E-state index contributed by atoms with van der Waals surface area (Å²) in [6.45, 7) is 2.72. The predicted octanol–water partition coefficient (Wildman–Crippen LogP) is 2.60. The lowest BCUT2D eigenvalue weighted by Gasteiger charge is -2.12. The number of hydrogen-bond acceptors (Lipinski definition) is 2. The van der Waals surface area contributed by atoms with E-state index in [2.05, 4.69) is 35.1 Å². The van der Waals surface area contributed by atoms with Gasteiger partial charge in [-0.15, -0.1) is 0 Å². The minimum Gasteiger partial charge on any atom is -0.340 e. The van der Waals surface area contributed by atoms with Gasteiger partial charge in [0, 0.05) is 23.3 Å². The molecule has 0 fully saturated rings. The summed E-state index contributed by atoms with van der Waals surface area (Å²) in [6, 6.07) is 17.9. The van der Waals surface area contributed by atoms with E-state index in [9.17, 15) is 4.79 Å². The van der Waals surface area contributed by atoms with Gasteiger partial charge in [0.15, 0.2) is 0 Å². The number of benzene rings is 2. The first-order valence-electron chi connectivity index (χ1n) is 6.84. The van der Waals surface area contributed by atoms with Crippen molar-refractivity contribution in [2.75, 3.05) is 0 Å². The number of aromatic nitrogens is 1. The molecule has 4 heteroatoms. The Balaban J connectivity index is 2.07. The van der Waals surface area contributed by atoms with Gasteiger partial charge < -0.3 is 4.57 Å². The molecule has 0 bridgehead atoms. The number of nitrogen functional groups attached to an aromatic ring is 1. The topological polar surface area (TPSA) is 60.0 Å². The lowest BCUT2D eigenvalue weighted by Crippen LogP contribution is -2.31. The van der Waals surface area contributed by atoms with E-state index in [1.54, 1.807) is 6.07 Å². The summed E-state index contributed by atoms with van der Waals surface area (Å²) < 4.78 is 2.21. The second kappa shape index (κ2) is 5.42. The molecule has 0 saturated carbocycles. The number of nitrogens with one attached hydrogen (secondary N) is 1. The van der Waals surface area contributed by atoms with Crippen molar-refractivity contribution in [2.24, 2.45) is 5.84 Å². The number of fused-ring (bicyclic) bond motifs is 1. The maximum atomic E-state index is 11.9. The summed E-state index contributed by atoms with van der Waals surface area (Å²) in [5.74, 6) is 5.00. The Hall–Kier alpha value is -2.59. The van der Waals surface area contributed by atoms with Crippen molar-refractivity contribution in [1.29, 1.82) is 0 Å². The van der Waals surface area contributed by atoms with Gasteiger partial charge in [-0.1, -0.05) is 36.4 Å². The SMILES string of the molecule is Cc1cc2ccccc2n1Cc1ccccc1C(=O)NN. The molecule has 0 atom stereocenters. The number of para-hydroxylation sites is 1. The van der Waals surface area contributed by atoms with Crippen molar-refractivity contribution in [2.45, 2.75) is 13.5 Å². The molecule has 106 valence electrons. The molecule has 3 rings (SSSR count). The molecule has 4 nitrogen and oxygen atoms in total. The second-order valence-corrected chi connectivity index (χ2v) is 5.06. The highest BCUT2D eigenvalue weighted by Gasteiger charge is 2.12. The van der Waals surface area contributed by atoms with Crippen LogP contribution < -0.4 is 11.3 Å². The van der Waals surface area contributed by atoms with E-state index in [0.29, 0.717) is 12.1 Å². The molecular formula is C17H17N3O. The third-order valence-electron chi connectivity index (χ3n) is 3.74. The lowest BCUT2D eigenvalue weighted by molar-refractivity contribution is 0.0952. The zero-order chi connectivity index (χ0) is 14.8. The number of carbonyl (C=O) groups is 1. The number of amides is 1. The summed E-state index contributed by atoms with van der Waals surface area (Å²) in [7, 11) is 0. The quantitative estimate of drug-likeness (QED) is 0.440. The third kappa shape index (κ3) is 2.41. The number of rotatable bonds is 3. The smallest absolute Gasteiger partial charge is 0.265 e. The molecule has 21 heavy (non-hydrogen) atoms. The van der Waals surface area contributed by atoms with E-state index >= 15 is 0 Å². The molecule has 1 amide bonds. The van der Waals surface area contributed by atoms with E-state index in [-0.39, 0.29) is 5.91 Å². The molecule has 0 spiro atoms. The summed E-state index contributed by atoms with van der Waals surface area (Å²) in [5.41, 5.74) is 6.09. The van der Waals surface area contributed by atoms with Crippen LogP contribution in [-0.2, 0) is 6.54 Å². The van der Waals surface area contributed by atoms with Gasteiger partial charge in [-0.3, -0.25) is 10.2 Å². The van der Waals surface area contributed by atoms with Crippen LogP contribution in [0.4, 0.5) is 0 Å². The van der Waals surface area contributed by atoms with Gasteiger partial charge >= 0.3 is 0 Å². The van der Waals surface area contributed by atoms with Gasteiger partial charge in [-0.2, -0.15) is 0 Å². The van der Waals surface area contributed by atoms with E-state index in [4.69, 9.17) is 5.84 Å². The van der Waals surface area contributed by atoms with Gasteiger partial charge in [0.2, 0.25) is 0 Å². The molecule has 0 unspecified atom stereocenters. The van der Waals surface area contributed by atoms with Crippen LogP contribution in [0, 0.1) is 6.92 Å². The predicted molar refractivity (Wildman–Crippen MR) is 83.9 cm³/mol. The summed E-state index contributed by atoms with van der Waals surface area (Å²) in [6.07, 6.45) is 0. The van der Waals surface area contributed by atoms with Crippen LogP contribution in [0.2, 0.25) is 0 Å². The molecule has 0 radical (unpaired) electrons. The fraction of sp³-hybridized carbons (Fsp3) is 0.118. The molecule has 1 heterocycles. The number of hydrazine groups is 1. The van der Waals surface area contributed by atoms with E-state index < -0.39 is 0 Å². The van der Waals surface area contributed by atoms with Crippen molar-refractivity contribution in [1.82, 2.24) is 9.99 Å². The molecule has 0 aliphatic rings. The van der Waals surface area contributed by atoms with Gasteiger partial charge in [-0.05, 0) is 36.1 Å². The minimum atomic E-state index is -0.264. The van der Waals surface area contributed by atoms with Crippen LogP contribution in [0.3, 0.4) is 0 Å². The number of carbonyl (C=O) groups excluding carboxylic acids is 1. The Morgan fingerprint density at radius 3 is 2.67 bits per heavy atom. The fourth-order valence-electron chi connectivity index (χ4n) is 2.69. The van der Waals surface area contributed by atoms with Crippen LogP contribution in [0.15, 0.2) is 54.6 Å². The molecule has 3 aromatic rings. The van der Waals surface area contributed by atoms with Crippen LogP contribution in [0.25, 0.3) is 10.9 Å². The molecule has 1 aromatic heterocycles. The number of nitrogens with zero attached hydrogens (tertiary/aromatic N) is 1. The Bertz CT molecular complexity index is 805. The van der Waals surface area contributed by atoms with Crippen LogP contribution >= 0.6 is 0 Å². The van der Waals surface area contributed by atoms with E-state index in [0.717, 1.165) is 11.1 Å². The van der Waals surface area contributed by atoms with Gasteiger partial charge in [0.1, 0.15) is 0 Å². The molecular weight excluding hydrogens is 262 g/mol. The van der Waals surface area contributed by atoms with Crippen molar-refractivity contribution in [3.63, 3.8) is 0 Å². The zero-order valence-corrected chi connectivity index (χ0v) is 11.8. The molecule has 2 aromatic carbocycles. The minimum absolute atomic E-state index is 0.264. The number of aryl methyl sites for hydroxylation is 1. The van der Waals surface area contributed by atoms with Gasteiger partial charge in [0.25, 0.3) is 5.91 Å². The van der Waals surface area contributed by atoms with Crippen molar-refractivity contribution in [3.05, 3.63) is 71.4 Å². The maximum Gasteiger partial charge on any atom is 0.265 e. The Labute approximate surface area is 123 Å². The first-order valence-corrected chi connectivity index (χ1v) is 6.84. The Morgan fingerprint density at radius 2 is 1.86 bits per heavy atom. The van der Waals surface area contributed by atoms with Crippen LogP contribution in [0.1, 0.15) is 21.6 Å². The Kier molecular flexibility index (Phi) is 3.46. The highest BCUT2D eigenvalue weighted by Crippen LogP contribution is 2.21. The number of nitrogens with two attached hydrogens (primary N) is 1. The molecule has 0 saturated heterocycles. The van der Waals surface area contributed by atoms with E-state index in [1.165, 1.54) is 11.1 Å². The number of hydrogen-bond donors (Lipinski definition) is 2. The van der Waals surface area contributed by atoms with Crippen LogP contribution in [0.5, 0.6) is 0 Å². The summed E-state index contributed by atoms with van der Waals surface area (Å²) >= 11 is 0. The van der Waals surface area contributed by atoms with Gasteiger partial charge in [0.05, 0.1) is 0 Å². The zero-order valence-electron chi connectivity index (χ0n) is 11.8. The summed E-state index contributed by atoms with van der Waals surface area (Å²) in [4.78, 5) is 11.9. The molecule has 0 aliphatic heterocycles. The average Bonchev–Trinajstić information content (AvgIpc) is 2.83. The highest BCUT2D eigenvalue weighted by atomic mass is 16.2. The van der Waals surface area contributed by atoms with Crippen molar-refractivity contribution < 1.29 is 4.79 Å². The second-order valence-electron chi connectivity index (χ2n) is 5.06.